The second-order valence-electron chi connectivity index (χ2n) is 9.07. The molecule has 0 bridgehead atoms. The standard InChI is InChI=1S/C29H27ClN4O3/c30-22-14-16-23(17-15-22)32-27(35)19-37-26-13-7-4-10-21(26)18-31-34-28(20-8-2-1-3-9-20)33-25-12-6-5-11-24(25)29(34)36/h4-7,10-18,20H,1-3,8-9,19H2,(H,32,35). The smallest absolute Gasteiger partial charge is 0.282 e. The third-order valence-electron chi connectivity index (χ3n) is 6.47. The van der Waals surface area contributed by atoms with Gasteiger partial charge in [0.2, 0.25) is 0 Å². The van der Waals surface area contributed by atoms with Gasteiger partial charge in [-0.25, -0.2) is 4.98 Å². The van der Waals surface area contributed by atoms with Gasteiger partial charge in [-0.05, 0) is 61.4 Å². The molecule has 1 aliphatic rings. The van der Waals surface area contributed by atoms with Gasteiger partial charge in [-0.1, -0.05) is 55.1 Å². The molecule has 7 nitrogen and oxygen atoms in total. The van der Waals surface area contributed by atoms with E-state index in [1.165, 1.54) is 11.1 Å². The minimum absolute atomic E-state index is 0.182. The van der Waals surface area contributed by atoms with E-state index in [2.05, 4.69) is 10.4 Å². The first kappa shape index (κ1) is 24.7. The number of carbonyl (C=O) groups is 1. The predicted molar refractivity (Wildman–Crippen MR) is 147 cm³/mol. The van der Waals surface area contributed by atoms with E-state index in [0.717, 1.165) is 25.7 Å². The number of carbonyl (C=O) groups excluding carboxylic acids is 1. The van der Waals surface area contributed by atoms with Crippen molar-refractivity contribution in [1.29, 1.82) is 0 Å². The Morgan fingerprint density at radius 3 is 2.57 bits per heavy atom. The Hall–Kier alpha value is -3.97. The van der Waals surface area contributed by atoms with Gasteiger partial charge >= 0.3 is 0 Å². The number of fused-ring (bicyclic) bond motifs is 1. The normalized spacial score (nSPS) is 14.2. The van der Waals surface area contributed by atoms with Gasteiger partial charge < -0.3 is 10.1 Å². The number of rotatable bonds is 7. The molecule has 0 aliphatic heterocycles. The highest BCUT2D eigenvalue weighted by molar-refractivity contribution is 6.30. The number of anilines is 1. The molecule has 1 aliphatic carbocycles. The van der Waals surface area contributed by atoms with Gasteiger partial charge in [-0.15, -0.1) is 0 Å². The Balaban J connectivity index is 1.39. The zero-order valence-corrected chi connectivity index (χ0v) is 21.0. The average Bonchev–Trinajstić information content (AvgIpc) is 2.93. The summed E-state index contributed by atoms with van der Waals surface area (Å²) in [5, 5.41) is 8.49. The largest absolute Gasteiger partial charge is 0.483 e. The molecule has 1 saturated carbocycles. The lowest BCUT2D eigenvalue weighted by molar-refractivity contribution is -0.118. The lowest BCUT2D eigenvalue weighted by Gasteiger charge is -2.22. The number of nitrogens with one attached hydrogen (secondary N) is 1. The number of benzene rings is 3. The SMILES string of the molecule is O=C(COc1ccccc1C=Nn1c(C2CCCCC2)nc2ccccc2c1=O)Nc1ccc(Cl)cc1. The highest BCUT2D eigenvalue weighted by atomic mass is 35.5. The number of halogens is 1. The van der Waals surface area contributed by atoms with Crippen molar-refractivity contribution in [2.45, 2.75) is 38.0 Å². The number of hydrogen-bond donors (Lipinski definition) is 1. The van der Waals surface area contributed by atoms with E-state index in [0.29, 0.717) is 38.8 Å². The molecule has 0 atom stereocenters. The molecule has 0 spiro atoms. The van der Waals surface area contributed by atoms with Crippen LogP contribution in [0.1, 0.15) is 49.4 Å². The van der Waals surface area contributed by atoms with Crippen molar-refractivity contribution in [1.82, 2.24) is 9.66 Å². The first-order valence-corrected chi connectivity index (χ1v) is 12.8. The van der Waals surface area contributed by atoms with E-state index in [1.54, 1.807) is 42.6 Å². The zero-order valence-electron chi connectivity index (χ0n) is 20.3. The molecule has 4 aromatic rings. The number of nitrogens with zero attached hydrogens (tertiary/aromatic N) is 3. The van der Waals surface area contributed by atoms with E-state index in [4.69, 9.17) is 21.3 Å². The highest BCUT2D eigenvalue weighted by Gasteiger charge is 2.22. The minimum atomic E-state index is -0.302. The van der Waals surface area contributed by atoms with Gasteiger partial charge in [0, 0.05) is 22.2 Å². The Morgan fingerprint density at radius 2 is 1.76 bits per heavy atom. The Labute approximate surface area is 219 Å². The lowest BCUT2D eigenvalue weighted by Crippen LogP contribution is -2.25. The molecule has 0 unspecified atom stereocenters. The maximum absolute atomic E-state index is 13.4. The quantitative estimate of drug-likeness (QED) is 0.307. The molecule has 5 rings (SSSR count). The molecule has 37 heavy (non-hydrogen) atoms. The van der Waals surface area contributed by atoms with E-state index in [1.807, 2.05) is 36.4 Å². The maximum atomic E-state index is 13.4. The van der Waals surface area contributed by atoms with E-state index < -0.39 is 0 Å². The van der Waals surface area contributed by atoms with Crippen molar-refractivity contribution in [2.75, 3.05) is 11.9 Å². The summed E-state index contributed by atoms with van der Waals surface area (Å²) < 4.78 is 7.23. The summed E-state index contributed by atoms with van der Waals surface area (Å²) in [5.41, 5.74) is 1.78. The number of hydrogen-bond acceptors (Lipinski definition) is 5. The van der Waals surface area contributed by atoms with Crippen LogP contribution >= 0.6 is 11.6 Å². The van der Waals surface area contributed by atoms with Crippen molar-refractivity contribution in [3.63, 3.8) is 0 Å². The van der Waals surface area contributed by atoms with E-state index >= 15 is 0 Å². The summed E-state index contributed by atoms with van der Waals surface area (Å²) in [7, 11) is 0. The van der Waals surface area contributed by atoms with Crippen LogP contribution in [-0.2, 0) is 4.79 Å². The monoisotopic (exact) mass is 514 g/mol. The van der Waals surface area contributed by atoms with E-state index in [9.17, 15) is 9.59 Å². The topological polar surface area (TPSA) is 85.6 Å². The third kappa shape index (κ3) is 5.89. The van der Waals surface area contributed by atoms with Crippen LogP contribution < -0.4 is 15.6 Å². The number of amides is 1. The van der Waals surface area contributed by atoms with Crippen LogP contribution in [0.5, 0.6) is 5.75 Å². The summed E-state index contributed by atoms with van der Waals surface area (Å²) in [6, 6.07) is 21.5. The highest BCUT2D eigenvalue weighted by Crippen LogP contribution is 2.31. The predicted octanol–water partition coefficient (Wildman–Crippen LogP) is 6.00. The summed E-state index contributed by atoms with van der Waals surface area (Å²) in [5.74, 6) is 1.06. The summed E-state index contributed by atoms with van der Waals surface area (Å²) in [6.07, 6.45) is 7.01. The number of para-hydroxylation sites is 2. The molecule has 1 aromatic heterocycles. The molecule has 1 amide bonds. The molecular formula is C29H27ClN4O3. The van der Waals surface area contributed by atoms with Gasteiger partial charge in [-0.3, -0.25) is 9.59 Å². The first-order valence-electron chi connectivity index (χ1n) is 12.4. The fraction of sp³-hybridized carbons (Fsp3) is 0.241. The molecule has 1 N–H and O–H groups in total. The number of aromatic nitrogens is 2. The van der Waals surface area contributed by atoms with Crippen molar-refractivity contribution in [3.8, 4) is 5.75 Å². The zero-order chi connectivity index (χ0) is 25.6. The number of ether oxygens (including phenoxy) is 1. The van der Waals surface area contributed by atoms with Crippen LogP contribution in [0.4, 0.5) is 5.69 Å². The van der Waals surface area contributed by atoms with Gasteiger partial charge in [-0.2, -0.15) is 9.78 Å². The van der Waals surface area contributed by atoms with Crippen molar-refractivity contribution < 1.29 is 9.53 Å². The molecule has 188 valence electrons. The molecule has 0 saturated heterocycles. The van der Waals surface area contributed by atoms with Crippen LogP contribution in [0.3, 0.4) is 0 Å². The molecular weight excluding hydrogens is 488 g/mol. The Kier molecular flexibility index (Phi) is 7.61. The lowest BCUT2D eigenvalue weighted by atomic mass is 9.88. The van der Waals surface area contributed by atoms with Gasteiger partial charge in [0.15, 0.2) is 6.61 Å². The second kappa shape index (κ2) is 11.4. The summed E-state index contributed by atoms with van der Waals surface area (Å²) in [6.45, 7) is -0.182. The summed E-state index contributed by atoms with van der Waals surface area (Å²) >= 11 is 5.90. The fourth-order valence-corrected chi connectivity index (χ4v) is 4.72. The van der Waals surface area contributed by atoms with Gasteiger partial charge in [0.05, 0.1) is 17.1 Å². The Bertz CT molecular complexity index is 1490. The van der Waals surface area contributed by atoms with Crippen LogP contribution in [-0.4, -0.2) is 28.4 Å². The van der Waals surface area contributed by atoms with Crippen LogP contribution in [0.25, 0.3) is 10.9 Å². The van der Waals surface area contributed by atoms with Crippen LogP contribution in [0.15, 0.2) is 82.7 Å². The van der Waals surface area contributed by atoms with E-state index in [-0.39, 0.29) is 24.0 Å². The van der Waals surface area contributed by atoms with Crippen LogP contribution in [0, 0.1) is 0 Å². The molecule has 1 fully saturated rings. The molecule has 3 aromatic carbocycles. The van der Waals surface area contributed by atoms with Crippen molar-refractivity contribution in [2.24, 2.45) is 5.10 Å². The third-order valence-corrected chi connectivity index (χ3v) is 6.72. The minimum Gasteiger partial charge on any atom is -0.483 e. The maximum Gasteiger partial charge on any atom is 0.282 e. The molecule has 1 heterocycles. The van der Waals surface area contributed by atoms with Crippen LogP contribution in [0.2, 0.25) is 5.02 Å². The van der Waals surface area contributed by atoms with Gasteiger partial charge in [0.25, 0.3) is 11.5 Å². The molecule has 8 heteroatoms. The van der Waals surface area contributed by atoms with Crippen molar-refractivity contribution in [3.05, 3.63) is 99.6 Å². The fourth-order valence-electron chi connectivity index (χ4n) is 4.59. The summed E-state index contributed by atoms with van der Waals surface area (Å²) in [4.78, 5) is 30.7. The molecule has 0 radical (unpaired) electrons. The second-order valence-corrected chi connectivity index (χ2v) is 9.50. The van der Waals surface area contributed by atoms with Gasteiger partial charge in [0.1, 0.15) is 11.6 Å². The Morgan fingerprint density at radius 1 is 1.03 bits per heavy atom. The first-order chi connectivity index (χ1) is 18.1. The van der Waals surface area contributed by atoms with Crippen molar-refractivity contribution >= 4 is 40.3 Å². The average molecular weight is 515 g/mol.